The van der Waals surface area contributed by atoms with Crippen LogP contribution in [0.5, 0.6) is 0 Å². The van der Waals surface area contributed by atoms with Crippen molar-refractivity contribution in [2.45, 2.75) is 13.3 Å². The monoisotopic (exact) mass is 247 g/mol. The van der Waals surface area contributed by atoms with Crippen molar-refractivity contribution in [3.63, 3.8) is 0 Å². The van der Waals surface area contributed by atoms with Gasteiger partial charge in [-0.3, -0.25) is 0 Å². The third kappa shape index (κ3) is 4.33. The molecule has 4 heteroatoms. The van der Waals surface area contributed by atoms with Gasteiger partial charge in [0, 0.05) is 12.6 Å². The van der Waals surface area contributed by atoms with E-state index in [9.17, 15) is 4.79 Å². The molecule has 0 radical (unpaired) electrons. The number of rotatable bonds is 6. The number of carbonyl (C=O) groups is 1. The summed E-state index contributed by atoms with van der Waals surface area (Å²) in [7, 11) is 0. The van der Waals surface area contributed by atoms with Crippen molar-refractivity contribution in [2.24, 2.45) is 5.73 Å². The second-order valence-electron chi connectivity index (χ2n) is 3.54. The number of carbonyl (C=O) groups excluding carboxylic acids is 1. The van der Waals surface area contributed by atoms with Gasteiger partial charge in [-0.05, 0) is 19.1 Å². The Morgan fingerprint density at radius 3 is 2.61 bits per heavy atom. The fourth-order valence-corrected chi connectivity index (χ4v) is 1.34. The molecule has 4 nitrogen and oxygen atoms in total. The van der Waals surface area contributed by atoms with Gasteiger partial charge in [-0.25, -0.2) is 4.79 Å². The minimum Gasteiger partial charge on any atom is -0.460 e. The summed E-state index contributed by atoms with van der Waals surface area (Å²) in [5.41, 5.74) is 6.50. The Morgan fingerprint density at radius 2 is 2.06 bits per heavy atom. The van der Waals surface area contributed by atoms with Gasteiger partial charge in [0.2, 0.25) is 5.76 Å². The van der Waals surface area contributed by atoms with Crippen molar-refractivity contribution in [1.29, 1.82) is 0 Å². The van der Waals surface area contributed by atoms with Gasteiger partial charge in [0.15, 0.2) is 0 Å². The zero-order valence-corrected chi connectivity index (χ0v) is 10.4. The first kappa shape index (κ1) is 13.8. The standard InChI is InChI=1S/C14H17NO3/c1-3-17-14(16)11(2)18-13(10-15)9-12-7-5-4-6-8-12/h4-8,10H,2-3,9,15H2,1H3/b13-10-. The molecular formula is C14H17NO3. The van der Waals surface area contributed by atoms with E-state index in [2.05, 4.69) is 6.58 Å². The van der Waals surface area contributed by atoms with Crippen LogP contribution in [0.1, 0.15) is 12.5 Å². The topological polar surface area (TPSA) is 61.5 Å². The molecule has 0 saturated heterocycles. The lowest BCUT2D eigenvalue weighted by atomic mass is 10.1. The van der Waals surface area contributed by atoms with Crippen LogP contribution in [-0.4, -0.2) is 12.6 Å². The second-order valence-corrected chi connectivity index (χ2v) is 3.54. The SMILES string of the molecule is C=C(O/C(=C\N)Cc1ccccc1)C(=O)OCC. The molecule has 0 amide bonds. The van der Waals surface area contributed by atoms with Gasteiger partial charge in [0.25, 0.3) is 0 Å². The Labute approximate surface area is 107 Å². The number of nitrogens with two attached hydrogens (primary N) is 1. The van der Waals surface area contributed by atoms with Crippen LogP contribution in [0.4, 0.5) is 0 Å². The molecular weight excluding hydrogens is 230 g/mol. The van der Waals surface area contributed by atoms with Crippen LogP contribution in [0.3, 0.4) is 0 Å². The lowest BCUT2D eigenvalue weighted by molar-refractivity contribution is -0.141. The summed E-state index contributed by atoms with van der Waals surface area (Å²) >= 11 is 0. The molecule has 0 aliphatic carbocycles. The third-order valence-electron chi connectivity index (χ3n) is 2.16. The van der Waals surface area contributed by atoms with Crippen molar-refractivity contribution in [3.8, 4) is 0 Å². The molecule has 0 unspecified atom stereocenters. The lowest BCUT2D eigenvalue weighted by Crippen LogP contribution is -2.11. The molecule has 0 fully saturated rings. The molecule has 1 aromatic carbocycles. The Bertz CT molecular complexity index is 438. The van der Waals surface area contributed by atoms with E-state index in [1.54, 1.807) is 6.92 Å². The van der Waals surface area contributed by atoms with Gasteiger partial charge in [-0.2, -0.15) is 0 Å². The highest BCUT2D eigenvalue weighted by Gasteiger charge is 2.11. The third-order valence-corrected chi connectivity index (χ3v) is 2.16. The van der Waals surface area contributed by atoms with Gasteiger partial charge in [-0.15, -0.1) is 0 Å². The molecule has 0 aliphatic heterocycles. The highest BCUT2D eigenvalue weighted by atomic mass is 16.6. The summed E-state index contributed by atoms with van der Waals surface area (Å²) in [6.07, 6.45) is 1.81. The average molecular weight is 247 g/mol. The predicted molar refractivity (Wildman–Crippen MR) is 69.3 cm³/mol. The van der Waals surface area contributed by atoms with Crippen molar-refractivity contribution >= 4 is 5.97 Å². The van der Waals surface area contributed by atoms with Crippen LogP contribution in [0.15, 0.2) is 54.6 Å². The quantitative estimate of drug-likeness (QED) is 0.475. The van der Waals surface area contributed by atoms with Gasteiger partial charge in [0.1, 0.15) is 5.76 Å². The molecule has 2 N–H and O–H groups in total. The van der Waals surface area contributed by atoms with E-state index < -0.39 is 5.97 Å². The minimum atomic E-state index is -0.579. The Hall–Kier alpha value is -2.23. The zero-order valence-electron chi connectivity index (χ0n) is 10.4. The maximum atomic E-state index is 11.3. The van der Waals surface area contributed by atoms with E-state index >= 15 is 0 Å². The normalized spacial score (nSPS) is 10.8. The Morgan fingerprint density at radius 1 is 1.39 bits per heavy atom. The van der Waals surface area contributed by atoms with E-state index in [1.807, 2.05) is 30.3 Å². The van der Waals surface area contributed by atoms with Crippen LogP contribution >= 0.6 is 0 Å². The van der Waals surface area contributed by atoms with Gasteiger partial charge in [-0.1, -0.05) is 30.3 Å². The molecule has 96 valence electrons. The molecule has 1 rings (SSSR count). The first-order valence-electron chi connectivity index (χ1n) is 5.66. The fraction of sp³-hybridized carbons (Fsp3) is 0.214. The van der Waals surface area contributed by atoms with Crippen molar-refractivity contribution in [1.82, 2.24) is 0 Å². The van der Waals surface area contributed by atoms with Gasteiger partial charge in [0.05, 0.1) is 6.61 Å². The lowest BCUT2D eigenvalue weighted by Gasteiger charge is -2.10. The van der Waals surface area contributed by atoms with E-state index in [-0.39, 0.29) is 12.4 Å². The fourth-order valence-electron chi connectivity index (χ4n) is 1.34. The van der Waals surface area contributed by atoms with Crippen molar-refractivity contribution in [2.75, 3.05) is 6.61 Å². The van der Waals surface area contributed by atoms with E-state index in [4.69, 9.17) is 15.2 Å². The van der Waals surface area contributed by atoms with Crippen LogP contribution in [-0.2, 0) is 20.7 Å². The number of esters is 1. The van der Waals surface area contributed by atoms with Crippen LogP contribution in [0, 0.1) is 0 Å². The average Bonchev–Trinajstić information content (AvgIpc) is 2.39. The van der Waals surface area contributed by atoms with Gasteiger partial charge < -0.3 is 15.2 Å². The second kappa shape index (κ2) is 7.17. The smallest absolute Gasteiger partial charge is 0.373 e. The number of hydrogen-bond donors (Lipinski definition) is 1. The first-order valence-corrected chi connectivity index (χ1v) is 5.66. The van der Waals surface area contributed by atoms with Crippen molar-refractivity contribution < 1.29 is 14.3 Å². The van der Waals surface area contributed by atoms with Crippen LogP contribution in [0.25, 0.3) is 0 Å². The number of hydrogen-bond acceptors (Lipinski definition) is 4. The maximum Gasteiger partial charge on any atom is 0.373 e. The predicted octanol–water partition coefficient (Wildman–Crippen LogP) is 2.12. The molecule has 0 atom stereocenters. The van der Waals surface area contributed by atoms with Gasteiger partial charge >= 0.3 is 5.97 Å². The Kier molecular flexibility index (Phi) is 5.51. The highest BCUT2D eigenvalue weighted by Crippen LogP contribution is 2.12. The zero-order chi connectivity index (χ0) is 13.4. The number of benzene rings is 1. The van der Waals surface area contributed by atoms with E-state index in [0.29, 0.717) is 12.2 Å². The minimum absolute atomic E-state index is 0.0653. The van der Waals surface area contributed by atoms with E-state index in [1.165, 1.54) is 6.20 Å². The molecule has 0 heterocycles. The molecule has 0 aliphatic rings. The number of ether oxygens (including phenoxy) is 2. The molecule has 0 bridgehead atoms. The molecule has 0 aromatic heterocycles. The Balaban J connectivity index is 2.59. The van der Waals surface area contributed by atoms with Crippen molar-refractivity contribution in [3.05, 3.63) is 60.2 Å². The van der Waals surface area contributed by atoms with Crippen LogP contribution < -0.4 is 5.73 Å². The van der Waals surface area contributed by atoms with E-state index in [0.717, 1.165) is 5.56 Å². The summed E-state index contributed by atoms with van der Waals surface area (Å²) < 4.78 is 10.1. The summed E-state index contributed by atoms with van der Waals surface area (Å²) in [6, 6.07) is 9.65. The maximum absolute atomic E-state index is 11.3. The summed E-state index contributed by atoms with van der Waals surface area (Å²) in [6.45, 7) is 5.51. The summed E-state index contributed by atoms with van der Waals surface area (Å²) in [5.74, 6) is -0.186. The first-order chi connectivity index (χ1) is 8.67. The molecule has 18 heavy (non-hydrogen) atoms. The summed E-state index contributed by atoms with van der Waals surface area (Å²) in [5, 5.41) is 0. The largest absolute Gasteiger partial charge is 0.460 e. The molecule has 0 saturated carbocycles. The number of allylic oxidation sites excluding steroid dienone is 1. The highest BCUT2D eigenvalue weighted by molar-refractivity contribution is 5.85. The molecule has 1 aromatic rings. The summed E-state index contributed by atoms with van der Waals surface area (Å²) in [4.78, 5) is 11.3. The van der Waals surface area contributed by atoms with Crippen LogP contribution in [0.2, 0.25) is 0 Å². The molecule has 0 spiro atoms.